The molecule has 7 heteroatoms. The monoisotopic (exact) mass is 712 g/mol. The van der Waals surface area contributed by atoms with Crippen molar-refractivity contribution < 1.29 is 28.6 Å². The molecule has 0 fully saturated rings. The minimum absolute atomic E-state index is 0.0154. The second kappa shape index (κ2) is 25.9. The van der Waals surface area contributed by atoms with Gasteiger partial charge in [-0.2, -0.15) is 0 Å². The highest BCUT2D eigenvalue weighted by Crippen LogP contribution is 2.30. The van der Waals surface area contributed by atoms with Crippen molar-refractivity contribution in [2.24, 2.45) is 5.92 Å². The molecule has 0 spiro atoms. The van der Waals surface area contributed by atoms with Crippen LogP contribution in [0.5, 0.6) is 0 Å². The van der Waals surface area contributed by atoms with E-state index in [1.165, 1.54) is 44.9 Å². The van der Waals surface area contributed by atoms with Gasteiger partial charge in [0.15, 0.2) is 0 Å². The topological polar surface area (TPSA) is 82.1 Å². The largest absolute Gasteiger partial charge is 0.465 e. The van der Waals surface area contributed by atoms with Crippen molar-refractivity contribution in [3.8, 4) is 0 Å². The highest BCUT2D eigenvalue weighted by molar-refractivity contribution is 5.90. The van der Waals surface area contributed by atoms with E-state index in [9.17, 15) is 14.4 Å². The molecule has 0 aliphatic rings. The first-order valence-electron chi connectivity index (χ1n) is 19.7. The molecule has 1 unspecified atom stereocenters. The van der Waals surface area contributed by atoms with Gasteiger partial charge in [-0.05, 0) is 99.7 Å². The number of allylic oxidation sites excluding steroid dienone is 4. The molecule has 0 N–H and O–H groups in total. The number of esters is 3. The molecular weight excluding hydrogens is 638 g/mol. The van der Waals surface area contributed by atoms with Crippen LogP contribution in [-0.4, -0.2) is 63.3 Å². The van der Waals surface area contributed by atoms with Crippen molar-refractivity contribution in [1.82, 2.24) is 4.90 Å². The molecule has 1 rings (SSSR count). The lowest BCUT2D eigenvalue weighted by Gasteiger charge is -2.26. The summed E-state index contributed by atoms with van der Waals surface area (Å²) in [4.78, 5) is 40.3. The number of ether oxygens (including phenoxy) is 3. The third-order valence-electron chi connectivity index (χ3n) is 8.88. The average molecular weight is 712 g/mol. The maximum absolute atomic E-state index is 13.3. The molecule has 0 bridgehead atoms. The number of carbonyl (C=O) groups excluding carboxylic acids is 3. The summed E-state index contributed by atoms with van der Waals surface area (Å²) in [5.74, 6) is -1.49. The van der Waals surface area contributed by atoms with E-state index >= 15 is 0 Å². The third-order valence-corrected chi connectivity index (χ3v) is 8.88. The number of hydrogen-bond acceptors (Lipinski definition) is 7. The zero-order valence-corrected chi connectivity index (χ0v) is 34.0. The first-order valence-corrected chi connectivity index (χ1v) is 19.7. The fourth-order valence-electron chi connectivity index (χ4n) is 5.40. The highest BCUT2D eigenvalue weighted by Gasteiger charge is 2.24. The van der Waals surface area contributed by atoms with Crippen LogP contribution in [0.1, 0.15) is 166 Å². The molecule has 1 aromatic rings. The quantitative estimate of drug-likeness (QED) is 0.0409. The summed E-state index contributed by atoms with van der Waals surface area (Å²) < 4.78 is 16.9. The minimum Gasteiger partial charge on any atom is -0.465 e. The van der Waals surface area contributed by atoms with Gasteiger partial charge < -0.3 is 19.1 Å². The Bertz CT molecular complexity index is 1150. The van der Waals surface area contributed by atoms with Crippen LogP contribution in [0.3, 0.4) is 0 Å². The van der Waals surface area contributed by atoms with E-state index in [0.717, 1.165) is 49.8 Å². The van der Waals surface area contributed by atoms with Crippen LogP contribution in [0.2, 0.25) is 0 Å². The Morgan fingerprint density at radius 2 is 1.10 bits per heavy atom. The van der Waals surface area contributed by atoms with Gasteiger partial charge in [0.1, 0.15) is 19.8 Å². The van der Waals surface area contributed by atoms with E-state index in [-0.39, 0.29) is 42.6 Å². The molecule has 51 heavy (non-hydrogen) atoms. The molecule has 0 amide bonds. The van der Waals surface area contributed by atoms with Gasteiger partial charge in [-0.15, -0.1) is 0 Å². The summed E-state index contributed by atoms with van der Waals surface area (Å²) in [5, 5.41) is 0. The van der Waals surface area contributed by atoms with Crippen molar-refractivity contribution in [3.63, 3.8) is 0 Å². The Labute approximate surface area is 312 Å². The average Bonchev–Trinajstić information content (AvgIpc) is 3.06. The molecule has 0 aromatic heterocycles. The van der Waals surface area contributed by atoms with Crippen LogP contribution in [0.4, 0.5) is 0 Å². The lowest BCUT2D eigenvalue weighted by atomic mass is 9.79. The zero-order chi connectivity index (χ0) is 38.1. The maximum Gasteiger partial charge on any atom is 0.338 e. The molecule has 290 valence electrons. The van der Waals surface area contributed by atoms with Crippen LogP contribution in [0.15, 0.2) is 42.5 Å². The number of carbonyl (C=O) groups is 3. The summed E-state index contributed by atoms with van der Waals surface area (Å²) in [6.45, 7) is 15.8. The molecule has 0 saturated heterocycles. The molecule has 0 heterocycles. The number of nitrogens with zero attached hydrogens (tertiary/aromatic N) is 1. The van der Waals surface area contributed by atoms with E-state index in [2.05, 4.69) is 78.8 Å². The Kier molecular flexibility index (Phi) is 23.4. The summed E-state index contributed by atoms with van der Waals surface area (Å²) >= 11 is 0. The van der Waals surface area contributed by atoms with Gasteiger partial charge in [-0.25, -0.2) is 4.79 Å². The number of unbranched alkanes of at least 4 members (excludes halogenated alkanes) is 9. The van der Waals surface area contributed by atoms with Gasteiger partial charge in [0.2, 0.25) is 0 Å². The molecule has 1 aromatic carbocycles. The fraction of sp³-hybridized carbons (Fsp3) is 0.705. The van der Waals surface area contributed by atoms with Crippen molar-refractivity contribution in [1.29, 1.82) is 0 Å². The molecular formula is C44H73NO6. The Hall–Kier alpha value is -2.93. The van der Waals surface area contributed by atoms with Gasteiger partial charge in [-0.3, -0.25) is 9.59 Å². The Morgan fingerprint density at radius 1 is 0.627 bits per heavy atom. The van der Waals surface area contributed by atoms with Crippen molar-refractivity contribution >= 4 is 17.9 Å². The van der Waals surface area contributed by atoms with E-state index in [1.807, 2.05) is 31.1 Å². The smallest absolute Gasteiger partial charge is 0.338 e. The van der Waals surface area contributed by atoms with Crippen LogP contribution in [0.25, 0.3) is 0 Å². The first-order chi connectivity index (χ1) is 24.1. The second-order valence-electron chi connectivity index (χ2n) is 16.4. The predicted octanol–water partition coefficient (Wildman–Crippen LogP) is 10.7. The van der Waals surface area contributed by atoms with Gasteiger partial charge in [-0.1, -0.05) is 117 Å². The van der Waals surface area contributed by atoms with Crippen LogP contribution in [-0.2, 0) is 34.6 Å². The van der Waals surface area contributed by atoms with Gasteiger partial charge in [0.25, 0.3) is 0 Å². The first kappa shape index (κ1) is 46.1. The fourth-order valence-corrected chi connectivity index (χ4v) is 5.40. The van der Waals surface area contributed by atoms with E-state index in [1.54, 1.807) is 0 Å². The highest BCUT2D eigenvalue weighted by atomic mass is 16.6. The lowest BCUT2D eigenvalue weighted by molar-refractivity contribution is -0.150. The van der Waals surface area contributed by atoms with Crippen LogP contribution in [0, 0.1) is 5.92 Å². The van der Waals surface area contributed by atoms with Crippen molar-refractivity contribution in [3.05, 3.63) is 59.2 Å². The summed E-state index contributed by atoms with van der Waals surface area (Å²) in [7, 11) is 3.92. The molecule has 1 atom stereocenters. The van der Waals surface area contributed by atoms with Crippen molar-refractivity contribution in [2.45, 2.75) is 156 Å². The predicted molar refractivity (Wildman–Crippen MR) is 211 cm³/mol. The zero-order valence-electron chi connectivity index (χ0n) is 34.0. The van der Waals surface area contributed by atoms with E-state index < -0.39 is 11.9 Å². The molecule has 0 radical (unpaired) electrons. The van der Waals surface area contributed by atoms with E-state index in [4.69, 9.17) is 14.2 Å². The second-order valence-corrected chi connectivity index (χ2v) is 16.4. The van der Waals surface area contributed by atoms with Gasteiger partial charge in [0, 0.05) is 12.8 Å². The Morgan fingerprint density at radius 3 is 1.61 bits per heavy atom. The maximum atomic E-state index is 13.3. The molecule has 0 saturated carbocycles. The summed E-state index contributed by atoms with van der Waals surface area (Å²) in [6, 6.07) is 5.94. The van der Waals surface area contributed by atoms with Crippen LogP contribution >= 0.6 is 0 Å². The third kappa shape index (κ3) is 23.3. The SMILES string of the molecule is CCCCC/C=C\C/C=C\CCCCCCCCC(=O)OCC(COC(=O)CCCN(C)C)COC(=O)c1cc(C(C)(C)C)cc(C(C)(C)C)c1. The Balaban J connectivity index is 2.56. The normalized spacial score (nSPS) is 12.9. The summed E-state index contributed by atoms with van der Waals surface area (Å²) in [5.41, 5.74) is 2.32. The molecule has 0 aliphatic carbocycles. The number of hydrogen-bond donors (Lipinski definition) is 0. The van der Waals surface area contributed by atoms with Crippen molar-refractivity contribution in [2.75, 3.05) is 40.5 Å². The van der Waals surface area contributed by atoms with Crippen LogP contribution < -0.4 is 0 Å². The number of benzene rings is 1. The standard InChI is InChI=1S/C44H73NO6/c1-10-11-12-13-14-15-16-17-18-19-20-21-22-23-24-25-27-40(46)49-33-36(34-50-41(47)28-26-29-45(8)9)35-51-42(48)37-30-38(43(2,3)4)32-39(31-37)44(5,6)7/h14-15,17-18,30-32,36H,10-13,16,19-29,33-35H2,1-9H3/b15-14-,18-17-. The minimum atomic E-state index is -0.459. The number of rotatable bonds is 26. The molecule has 7 nitrogen and oxygen atoms in total. The van der Waals surface area contributed by atoms with E-state index in [0.29, 0.717) is 24.8 Å². The van der Waals surface area contributed by atoms with Gasteiger partial charge in [0.05, 0.1) is 11.5 Å². The summed E-state index contributed by atoms with van der Waals surface area (Å²) in [6.07, 6.45) is 24.1. The lowest BCUT2D eigenvalue weighted by Crippen LogP contribution is -2.27. The molecule has 0 aliphatic heterocycles. The van der Waals surface area contributed by atoms with Gasteiger partial charge >= 0.3 is 17.9 Å².